The lowest BCUT2D eigenvalue weighted by atomic mass is 10.1. The van der Waals surface area contributed by atoms with Crippen LogP contribution in [0.25, 0.3) is 16.7 Å². The van der Waals surface area contributed by atoms with Crippen molar-refractivity contribution in [1.82, 2.24) is 29.6 Å². The number of hydrogen-bond donors (Lipinski definition) is 1. The number of hydrogen-bond acceptors (Lipinski definition) is 7. The Morgan fingerprint density at radius 3 is 2.60 bits per heavy atom. The van der Waals surface area contributed by atoms with Crippen LogP contribution in [-0.4, -0.2) is 67.8 Å². The molecule has 0 unspecified atom stereocenters. The van der Waals surface area contributed by atoms with Crippen molar-refractivity contribution in [3.05, 3.63) is 29.8 Å². The third-order valence-corrected chi connectivity index (χ3v) is 6.78. The van der Waals surface area contributed by atoms with Gasteiger partial charge in [0, 0.05) is 57.0 Å². The summed E-state index contributed by atoms with van der Waals surface area (Å²) >= 11 is 0. The Labute approximate surface area is 202 Å². The van der Waals surface area contributed by atoms with Gasteiger partial charge in [-0.15, -0.1) is 5.10 Å². The molecule has 35 heavy (non-hydrogen) atoms. The van der Waals surface area contributed by atoms with Crippen molar-refractivity contribution >= 4 is 28.4 Å². The zero-order chi connectivity index (χ0) is 24.9. The highest BCUT2D eigenvalue weighted by Gasteiger charge is 2.37. The van der Waals surface area contributed by atoms with Crippen molar-refractivity contribution in [2.75, 3.05) is 36.4 Å². The van der Waals surface area contributed by atoms with Crippen molar-refractivity contribution in [3.63, 3.8) is 0 Å². The summed E-state index contributed by atoms with van der Waals surface area (Å²) in [5.41, 5.74) is 1.04. The molecule has 11 heteroatoms. The molecule has 0 saturated carbocycles. The number of rotatable bonds is 5. The Morgan fingerprint density at radius 1 is 1.17 bits per heavy atom. The standard InChI is InChI=1S/C24H30F2N8O/c1-14-12-33(13-19(14)32-7-5-6-8-32)22-17-11-27-20(29-16(3)35)10-18(17)34(31-22)21-9-15(2)28-23(30-21)24(4,25)26/h9-11,14,19H,5-8,12-13H2,1-4H3,(H,27,29,35)/t14-,19+/m0/s1. The number of alkyl halides is 2. The van der Waals surface area contributed by atoms with Crippen molar-refractivity contribution in [2.24, 2.45) is 5.92 Å². The molecule has 3 aromatic rings. The number of nitrogens with one attached hydrogen (secondary N) is 1. The second kappa shape index (κ2) is 8.78. The van der Waals surface area contributed by atoms with Crippen molar-refractivity contribution in [3.8, 4) is 5.82 Å². The molecule has 2 fully saturated rings. The number of nitrogens with zero attached hydrogens (tertiary/aromatic N) is 7. The predicted octanol–water partition coefficient (Wildman–Crippen LogP) is 3.51. The average Bonchev–Trinajstić information content (AvgIpc) is 3.50. The largest absolute Gasteiger partial charge is 0.353 e. The van der Waals surface area contributed by atoms with Crippen molar-refractivity contribution < 1.29 is 13.6 Å². The van der Waals surface area contributed by atoms with E-state index in [1.54, 1.807) is 29.9 Å². The lowest BCUT2D eigenvalue weighted by molar-refractivity contribution is -0.114. The number of anilines is 2. The smallest absolute Gasteiger partial charge is 0.303 e. The molecular formula is C24H30F2N8O. The number of aromatic nitrogens is 5. The number of aryl methyl sites for hydroxylation is 1. The van der Waals surface area contributed by atoms with Gasteiger partial charge in [0.15, 0.2) is 11.6 Å². The average molecular weight is 485 g/mol. The van der Waals surface area contributed by atoms with Crippen LogP contribution in [0.15, 0.2) is 18.3 Å². The first kappa shape index (κ1) is 23.5. The van der Waals surface area contributed by atoms with E-state index in [4.69, 9.17) is 5.10 Å². The summed E-state index contributed by atoms with van der Waals surface area (Å²) in [6, 6.07) is 3.77. The van der Waals surface area contributed by atoms with Gasteiger partial charge in [-0.1, -0.05) is 6.92 Å². The van der Waals surface area contributed by atoms with Gasteiger partial charge in [-0.25, -0.2) is 19.6 Å². The molecule has 2 atom stereocenters. The second-order valence-corrected chi connectivity index (χ2v) is 9.78. The van der Waals surface area contributed by atoms with E-state index >= 15 is 0 Å². The van der Waals surface area contributed by atoms with Crippen molar-refractivity contribution in [2.45, 2.75) is 52.5 Å². The van der Waals surface area contributed by atoms with Gasteiger partial charge in [0.05, 0.1) is 10.9 Å². The van der Waals surface area contributed by atoms with Crippen molar-refractivity contribution in [1.29, 1.82) is 0 Å². The summed E-state index contributed by atoms with van der Waals surface area (Å²) in [7, 11) is 0. The number of fused-ring (bicyclic) bond motifs is 1. The quantitative estimate of drug-likeness (QED) is 0.593. The Hall–Kier alpha value is -3.21. The third kappa shape index (κ3) is 4.56. The molecule has 0 bridgehead atoms. The molecule has 3 aromatic heterocycles. The van der Waals surface area contributed by atoms with E-state index in [0.717, 1.165) is 44.3 Å². The maximum absolute atomic E-state index is 14.1. The van der Waals surface area contributed by atoms with Gasteiger partial charge in [-0.3, -0.25) is 9.69 Å². The number of carbonyl (C=O) groups excluding carboxylic acids is 1. The maximum Gasteiger partial charge on any atom is 0.303 e. The van der Waals surface area contributed by atoms with E-state index < -0.39 is 11.7 Å². The van der Waals surface area contributed by atoms with Gasteiger partial charge in [0.1, 0.15) is 5.82 Å². The van der Waals surface area contributed by atoms with E-state index in [-0.39, 0.29) is 11.7 Å². The van der Waals surface area contributed by atoms with Crippen LogP contribution in [0.5, 0.6) is 0 Å². The van der Waals surface area contributed by atoms with E-state index in [1.165, 1.54) is 19.8 Å². The number of halogens is 2. The fourth-order valence-corrected chi connectivity index (χ4v) is 5.18. The molecule has 2 saturated heterocycles. The molecule has 0 aliphatic carbocycles. The predicted molar refractivity (Wildman–Crippen MR) is 129 cm³/mol. The summed E-state index contributed by atoms with van der Waals surface area (Å²) in [6.45, 7) is 10.0. The molecule has 0 aromatic carbocycles. The van der Waals surface area contributed by atoms with E-state index in [1.807, 2.05) is 0 Å². The molecule has 9 nitrogen and oxygen atoms in total. The van der Waals surface area contributed by atoms with Gasteiger partial charge in [-0.2, -0.15) is 8.78 Å². The molecule has 5 heterocycles. The first-order chi connectivity index (χ1) is 16.6. The monoisotopic (exact) mass is 484 g/mol. The van der Waals surface area contributed by atoms with Crippen LogP contribution >= 0.6 is 0 Å². The highest BCUT2D eigenvalue weighted by Crippen LogP contribution is 2.35. The van der Waals surface area contributed by atoms with Gasteiger partial charge >= 0.3 is 5.92 Å². The Kier molecular flexibility index (Phi) is 5.90. The second-order valence-electron chi connectivity index (χ2n) is 9.78. The highest BCUT2D eigenvalue weighted by molar-refractivity contribution is 5.95. The van der Waals surface area contributed by atoms with Crippen LogP contribution in [0.1, 0.15) is 45.1 Å². The Morgan fingerprint density at radius 2 is 1.91 bits per heavy atom. The number of pyridine rings is 1. The van der Waals surface area contributed by atoms with E-state index in [2.05, 4.69) is 37.0 Å². The zero-order valence-electron chi connectivity index (χ0n) is 20.4. The van der Waals surface area contributed by atoms with Crippen LogP contribution in [0.3, 0.4) is 0 Å². The van der Waals surface area contributed by atoms with E-state index in [9.17, 15) is 13.6 Å². The van der Waals surface area contributed by atoms with Crippen LogP contribution < -0.4 is 10.2 Å². The highest BCUT2D eigenvalue weighted by atomic mass is 19.3. The SMILES string of the molecule is CC(=O)Nc1cc2c(cn1)c(N1C[C@@H](N3CCCC3)[C@@H](C)C1)nn2-c1cc(C)nc(C(C)(F)F)n1. The Bertz CT molecular complexity index is 1260. The summed E-state index contributed by atoms with van der Waals surface area (Å²) in [6.07, 6.45) is 4.14. The molecule has 0 radical (unpaired) electrons. The fraction of sp³-hybridized carbons (Fsp3) is 0.542. The van der Waals surface area contributed by atoms with Crippen LogP contribution in [0, 0.1) is 12.8 Å². The topological polar surface area (TPSA) is 92.1 Å². The van der Waals surface area contributed by atoms with Gasteiger partial charge < -0.3 is 10.2 Å². The molecule has 186 valence electrons. The molecule has 5 rings (SSSR count). The minimum Gasteiger partial charge on any atom is -0.353 e. The van der Waals surface area contributed by atoms with Gasteiger partial charge in [-0.05, 0) is 38.8 Å². The third-order valence-electron chi connectivity index (χ3n) is 6.78. The summed E-state index contributed by atoms with van der Waals surface area (Å²) < 4.78 is 29.8. The summed E-state index contributed by atoms with van der Waals surface area (Å²) in [5.74, 6) is -2.21. The lowest BCUT2D eigenvalue weighted by Gasteiger charge is -2.26. The minimum atomic E-state index is -3.19. The minimum absolute atomic E-state index is 0.244. The number of likely N-dealkylation sites (tertiary alicyclic amines) is 1. The zero-order valence-corrected chi connectivity index (χ0v) is 20.4. The molecule has 1 N–H and O–H groups in total. The van der Waals surface area contributed by atoms with Crippen LogP contribution in [0.2, 0.25) is 0 Å². The Balaban J connectivity index is 1.61. The number of amides is 1. The summed E-state index contributed by atoms with van der Waals surface area (Å²) in [4.78, 5) is 28.9. The number of carbonyl (C=O) groups is 1. The van der Waals surface area contributed by atoms with Gasteiger partial charge in [0.25, 0.3) is 0 Å². The fourth-order valence-electron chi connectivity index (χ4n) is 5.18. The lowest BCUT2D eigenvalue weighted by Crippen LogP contribution is -2.38. The van der Waals surface area contributed by atoms with Gasteiger partial charge in [0.2, 0.25) is 11.7 Å². The first-order valence-corrected chi connectivity index (χ1v) is 12.0. The maximum atomic E-state index is 14.1. The van der Waals surface area contributed by atoms with E-state index in [0.29, 0.717) is 29.0 Å². The normalized spacial score (nSPS) is 21.3. The molecular weight excluding hydrogens is 454 g/mol. The summed E-state index contributed by atoms with van der Waals surface area (Å²) in [5, 5.41) is 8.32. The van der Waals surface area contributed by atoms with Crippen LogP contribution in [-0.2, 0) is 10.7 Å². The molecule has 1 amide bonds. The molecule has 2 aliphatic rings. The molecule has 0 spiro atoms. The van der Waals surface area contributed by atoms with Crippen LogP contribution in [0.4, 0.5) is 20.4 Å². The molecule has 2 aliphatic heterocycles. The first-order valence-electron chi connectivity index (χ1n) is 12.0.